The summed E-state index contributed by atoms with van der Waals surface area (Å²) in [5, 5.41) is 9.95. The lowest BCUT2D eigenvalue weighted by Gasteiger charge is -2.34. The number of hydrogen-bond acceptors (Lipinski definition) is 5. The van der Waals surface area contributed by atoms with E-state index in [1.54, 1.807) is 7.11 Å². The molecule has 0 atom stereocenters. The molecule has 3 heterocycles. The lowest BCUT2D eigenvalue weighted by molar-refractivity contribution is 0.122. The van der Waals surface area contributed by atoms with E-state index in [0.717, 1.165) is 50.7 Å². The zero-order valence-electron chi connectivity index (χ0n) is 17.8. The van der Waals surface area contributed by atoms with Crippen LogP contribution in [-0.4, -0.2) is 58.3 Å². The van der Waals surface area contributed by atoms with Crippen LogP contribution in [0.25, 0.3) is 22.0 Å². The van der Waals surface area contributed by atoms with Gasteiger partial charge in [0.25, 0.3) is 0 Å². The van der Waals surface area contributed by atoms with Crippen molar-refractivity contribution in [3.05, 3.63) is 78.2 Å². The Morgan fingerprint density at radius 1 is 0.903 bits per heavy atom. The standard InChI is InChI=1S/C25H27N5O/c1-31-24-7-6-20-13-22(5-4-21(20)14-24)25-23(16-27-28-25)18-30-11-9-29(10-12-30)17-19-3-2-8-26-15-19/h2-8,13-16H,9-12,17-18H2,1H3,(H,27,28). The van der Waals surface area contributed by atoms with Crippen LogP contribution in [0.5, 0.6) is 5.75 Å². The highest BCUT2D eigenvalue weighted by Crippen LogP contribution is 2.28. The first-order valence-electron chi connectivity index (χ1n) is 10.7. The molecule has 31 heavy (non-hydrogen) atoms. The molecule has 2 aromatic carbocycles. The summed E-state index contributed by atoms with van der Waals surface area (Å²) in [6.45, 7) is 6.14. The minimum atomic E-state index is 0.880. The Hall–Kier alpha value is -3.22. The molecule has 4 aromatic rings. The van der Waals surface area contributed by atoms with Crippen LogP contribution in [0.1, 0.15) is 11.1 Å². The molecule has 5 rings (SSSR count). The second-order valence-corrected chi connectivity index (χ2v) is 8.11. The van der Waals surface area contributed by atoms with Crippen LogP contribution in [-0.2, 0) is 13.1 Å². The first-order valence-corrected chi connectivity index (χ1v) is 10.7. The first kappa shape index (κ1) is 19.7. The molecule has 1 aliphatic rings. The number of rotatable bonds is 6. The van der Waals surface area contributed by atoms with Gasteiger partial charge in [-0.2, -0.15) is 5.10 Å². The summed E-state index contributed by atoms with van der Waals surface area (Å²) < 4.78 is 5.34. The monoisotopic (exact) mass is 413 g/mol. The van der Waals surface area contributed by atoms with Gasteiger partial charge in [0.05, 0.1) is 19.0 Å². The molecule has 0 aliphatic carbocycles. The van der Waals surface area contributed by atoms with E-state index in [-0.39, 0.29) is 0 Å². The van der Waals surface area contributed by atoms with Gasteiger partial charge in [0.1, 0.15) is 5.75 Å². The normalized spacial score (nSPS) is 15.4. The van der Waals surface area contributed by atoms with Crippen molar-refractivity contribution >= 4 is 10.8 Å². The number of H-pyrrole nitrogens is 1. The number of pyridine rings is 1. The molecule has 1 saturated heterocycles. The fourth-order valence-electron chi connectivity index (χ4n) is 4.28. The van der Waals surface area contributed by atoms with Crippen LogP contribution in [0.15, 0.2) is 67.1 Å². The Morgan fingerprint density at radius 3 is 2.45 bits per heavy atom. The molecular formula is C25H27N5O. The zero-order valence-corrected chi connectivity index (χ0v) is 17.8. The number of aromatic amines is 1. The van der Waals surface area contributed by atoms with Crippen molar-refractivity contribution in [1.82, 2.24) is 25.0 Å². The van der Waals surface area contributed by atoms with Crippen molar-refractivity contribution in [2.45, 2.75) is 13.1 Å². The molecular weight excluding hydrogens is 386 g/mol. The minimum absolute atomic E-state index is 0.880. The molecule has 0 bridgehead atoms. The molecule has 1 fully saturated rings. The lowest BCUT2D eigenvalue weighted by atomic mass is 10.0. The highest BCUT2D eigenvalue weighted by molar-refractivity contribution is 5.88. The van der Waals surface area contributed by atoms with Crippen LogP contribution in [0, 0.1) is 0 Å². The second-order valence-electron chi connectivity index (χ2n) is 8.11. The maximum absolute atomic E-state index is 5.34. The summed E-state index contributed by atoms with van der Waals surface area (Å²) in [5.74, 6) is 0.880. The summed E-state index contributed by atoms with van der Waals surface area (Å²) in [4.78, 5) is 9.24. The van der Waals surface area contributed by atoms with E-state index >= 15 is 0 Å². The smallest absolute Gasteiger partial charge is 0.119 e. The van der Waals surface area contributed by atoms with E-state index in [1.807, 2.05) is 30.7 Å². The number of nitrogens with one attached hydrogen (secondary N) is 1. The van der Waals surface area contributed by atoms with E-state index in [4.69, 9.17) is 4.74 Å². The molecule has 1 N–H and O–H groups in total. The molecule has 0 radical (unpaired) electrons. The van der Waals surface area contributed by atoms with Gasteiger partial charge in [0.2, 0.25) is 0 Å². The van der Waals surface area contributed by atoms with Gasteiger partial charge in [-0.1, -0.05) is 24.3 Å². The molecule has 158 valence electrons. The lowest BCUT2D eigenvalue weighted by Crippen LogP contribution is -2.45. The Balaban J connectivity index is 1.25. The van der Waals surface area contributed by atoms with Gasteiger partial charge in [-0.05, 0) is 40.6 Å². The molecule has 6 nitrogen and oxygen atoms in total. The predicted octanol–water partition coefficient (Wildman–Crippen LogP) is 3.95. The second kappa shape index (κ2) is 8.88. The topological polar surface area (TPSA) is 57.3 Å². The van der Waals surface area contributed by atoms with Gasteiger partial charge in [0, 0.05) is 62.8 Å². The fraction of sp³-hybridized carbons (Fsp3) is 0.280. The van der Waals surface area contributed by atoms with Crippen molar-refractivity contribution in [3.63, 3.8) is 0 Å². The third-order valence-corrected chi connectivity index (χ3v) is 6.04. The number of benzene rings is 2. The average Bonchev–Trinajstić information content (AvgIpc) is 3.28. The highest BCUT2D eigenvalue weighted by atomic mass is 16.5. The highest BCUT2D eigenvalue weighted by Gasteiger charge is 2.19. The number of aromatic nitrogens is 3. The van der Waals surface area contributed by atoms with Crippen molar-refractivity contribution < 1.29 is 4.74 Å². The Kier molecular flexibility index (Phi) is 5.65. The van der Waals surface area contributed by atoms with Crippen LogP contribution in [0.3, 0.4) is 0 Å². The van der Waals surface area contributed by atoms with Crippen LogP contribution in [0.2, 0.25) is 0 Å². The summed E-state index contributed by atoms with van der Waals surface area (Å²) in [7, 11) is 1.70. The summed E-state index contributed by atoms with van der Waals surface area (Å²) in [5.41, 5.74) is 4.80. The predicted molar refractivity (Wildman–Crippen MR) is 123 cm³/mol. The molecule has 0 amide bonds. The molecule has 2 aromatic heterocycles. The van der Waals surface area contributed by atoms with Crippen molar-refractivity contribution in [1.29, 1.82) is 0 Å². The number of hydrogen-bond donors (Lipinski definition) is 1. The minimum Gasteiger partial charge on any atom is -0.497 e. The number of nitrogens with zero attached hydrogens (tertiary/aromatic N) is 4. The number of ether oxygens (including phenoxy) is 1. The SMILES string of the molecule is COc1ccc2cc(-c3[nH]ncc3CN3CCN(Cc4cccnc4)CC3)ccc2c1. The van der Waals surface area contributed by atoms with Crippen molar-refractivity contribution in [2.24, 2.45) is 0 Å². The fourth-order valence-corrected chi connectivity index (χ4v) is 4.28. The maximum Gasteiger partial charge on any atom is 0.119 e. The van der Waals surface area contributed by atoms with Gasteiger partial charge in [-0.25, -0.2) is 0 Å². The molecule has 0 unspecified atom stereocenters. The van der Waals surface area contributed by atoms with Gasteiger partial charge < -0.3 is 4.74 Å². The van der Waals surface area contributed by atoms with E-state index in [2.05, 4.69) is 61.4 Å². The Bertz CT molecular complexity index is 1150. The number of methoxy groups -OCH3 is 1. The Labute approximate surface area is 182 Å². The van der Waals surface area contributed by atoms with Crippen LogP contribution in [0.4, 0.5) is 0 Å². The average molecular weight is 414 g/mol. The van der Waals surface area contributed by atoms with Gasteiger partial charge in [-0.3, -0.25) is 19.9 Å². The molecule has 1 aliphatic heterocycles. The number of piperazine rings is 1. The quantitative estimate of drug-likeness (QED) is 0.519. The molecule has 6 heteroatoms. The third-order valence-electron chi connectivity index (χ3n) is 6.04. The Morgan fingerprint density at radius 2 is 1.68 bits per heavy atom. The zero-order chi connectivity index (χ0) is 21.0. The van der Waals surface area contributed by atoms with Crippen molar-refractivity contribution in [3.8, 4) is 17.0 Å². The van der Waals surface area contributed by atoms with Gasteiger partial charge in [-0.15, -0.1) is 0 Å². The molecule has 0 spiro atoms. The summed E-state index contributed by atoms with van der Waals surface area (Å²) in [6, 6.07) is 16.9. The van der Waals surface area contributed by atoms with E-state index in [9.17, 15) is 0 Å². The van der Waals surface area contributed by atoms with E-state index < -0.39 is 0 Å². The van der Waals surface area contributed by atoms with Gasteiger partial charge >= 0.3 is 0 Å². The van der Waals surface area contributed by atoms with Crippen LogP contribution >= 0.6 is 0 Å². The first-order chi connectivity index (χ1) is 15.3. The molecule has 0 saturated carbocycles. The maximum atomic E-state index is 5.34. The van der Waals surface area contributed by atoms with Crippen LogP contribution < -0.4 is 4.74 Å². The largest absolute Gasteiger partial charge is 0.497 e. The number of fused-ring (bicyclic) bond motifs is 1. The van der Waals surface area contributed by atoms with Crippen molar-refractivity contribution in [2.75, 3.05) is 33.3 Å². The third kappa shape index (κ3) is 4.45. The summed E-state index contributed by atoms with van der Waals surface area (Å²) in [6.07, 6.45) is 5.76. The summed E-state index contributed by atoms with van der Waals surface area (Å²) >= 11 is 0. The van der Waals surface area contributed by atoms with E-state index in [0.29, 0.717) is 0 Å². The van der Waals surface area contributed by atoms with Gasteiger partial charge in [0.15, 0.2) is 0 Å². The van der Waals surface area contributed by atoms with E-state index in [1.165, 1.54) is 27.5 Å².